The first-order valence-corrected chi connectivity index (χ1v) is 5.78. The summed E-state index contributed by atoms with van der Waals surface area (Å²) in [6, 6.07) is 2.02. The predicted molar refractivity (Wildman–Crippen MR) is 67.5 cm³/mol. The summed E-state index contributed by atoms with van der Waals surface area (Å²) >= 11 is 0. The molecule has 1 rings (SSSR count). The number of nitrogens with one attached hydrogen (secondary N) is 1. The van der Waals surface area contributed by atoms with Gasteiger partial charge in [-0.2, -0.15) is 0 Å². The highest BCUT2D eigenvalue weighted by Crippen LogP contribution is 2.10. The van der Waals surface area contributed by atoms with Gasteiger partial charge in [-0.15, -0.1) is 0 Å². The van der Waals surface area contributed by atoms with Crippen LogP contribution in [0.2, 0.25) is 0 Å². The lowest BCUT2D eigenvalue weighted by atomic mass is 10.1. The van der Waals surface area contributed by atoms with Crippen molar-refractivity contribution in [3.63, 3.8) is 0 Å². The Hall–Kier alpha value is -2.57. The number of hydrogen-bond donors (Lipinski definition) is 2. The van der Waals surface area contributed by atoms with Gasteiger partial charge in [-0.1, -0.05) is 0 Å². The monoisotopic (exact) mass is 280 g/mol. The Morgan fingerprint density at radius 1 is 1.35 bits per heavy atom. The lowest BCUT2D eigenvalue weighted by Crippen LogP contribution is -2.44. The van der Waals surface area contributed by atoms with Crippen molar-refractivity contribution < 1.29 is 23.6 Å². The van der Waals surface area contributed by atoms with E-state index in [2.05, 4.69) is 5.32 Å². The summed E-state index contributed by atoms with van der Waals surface area (Å²) in [7, 11) is 0. The number of carbonyl (C=O) groups excluding carboxylic acids is 4. The molecule has 1 atom stereocenters. The molecule has 1 unspecified atom stereocenters. The van der Waals surface area contributed by atoms with Crippen LogP contribution in [0.5, 0.6) is 0 Å². The Kier molecular flexibility index (Phi) is 5.52. The van der Waals surface area contributed by atoms with Crippen molar-refractivity contribution in [2.75, 3.05) is 0 Å². The van der Waals surface area contributed by atoms with Crippen LogP contribution in [0.25, 0.3) is 0 Å². The first-order chi connectivity index (χ1) is 9.49. The quantitative estimate of drug-likeness (QED) is 0.696. The van der Waals surface area contributed by atoms with Gasteiger partial charge in [0.25, 0.3) is 5.91 Å². The van der Waals surface area contributed by atoms with Crippen molar-refractivity contribution in [2.24, 2.45) is 5.73 Å². The molecular weight excluding hydrogens is 267 g/mol. The van der Waals surface area contributed by atoms with E-state index in [0.29, 0.717) is 12.6 Å². The van der Waals surface area contributed by atoms with Gasteiger partial charge in [0.15, 0.2) is 6.29 Å². The number of amides is 2. The standard InChI is InChI=1S/C13H13FN2O4/c14-9-4-3-8(7-18)10(6-9)13(20)16-11(12(15)19)2-1-5-17/h3-7,11H,1-2H2,(H2,15,19)(H,16,20). The number of carbonyl (C=O) groups is 4. The Bertz CT molecular complexity index is 545. The van der Waals surface area contributed by atoms with Crippen LogP contribution in [0.3, 0.4) is 0 Å². The van der Waals surface area contributed by atoms with Crippen LogP contribution in [-0.2, 0) is 9.59 Å². The summed E-state index contributed by atoms with van der Waals surface area (Å²) < 4.78 is 13.1. The maximum atomic E-state index is 13.1. The van der Waals surface area contributed by atoms with Crippen molar-refractivity contribution in [3.8, 4) is 0 Å². The number of hydrogen-bond acceptors (Lipinski definition) is 4. The van der Waals surface area contributed by atoms with Gasteiger partial charge in [0, 0.05) is 12.0 Å². The number of nitrogens with two attached hydrogens (primary N) is 1. The Morgan fingerprint density at radius 2 is 2.05 bits per heavy atom. The molecule has 106 valence electrons. The van der Waals surface area contributed by atoms with E-state index < -0.39 is 23.7 Å². The summed E-state index contributed by atoms with van der Waals surface area (Å²) in [5.41, 5.74) is 4.88. The molecular formula is C13H13FN2O4. The zero-order valence-corrected chi connectivity index (χ0v) is 10.5. The Morgan fingerprint density at radius 3 is 2.60 bits per heavy atom. The number of primary amides is 1. The molecule has 0 fully saturated rings. The van der Waals surface area contributed by atoms with Gasteiger partial charge in [0.1, 0.15) is 18.1 Å². The maximum absolute atomic E-state index is 13.1. The van der Waals surface area contributed by atoms with Crippen molar-refractivity contribution in [3.05, 3.63) is 35.1 Å². The fraction of sp³-hybridized carbons (Fsp3) is 0.231. The Labute approximate surface area is 114 Å². The fourth-order valence-electron chi connectivity index (χ4n) is 1.58. The number of benzene rings is 1. The SMILES string of the molecule is NC(=O)C(CCC=O)NC(=O)c1cc(F)ccc1C=O. The summed E-state index contributed by atoms with van der Waals surface area (Å²) in [5, 5.41) is 2.27. The number of aldehydes is 2. The average Bonchev–Trinajstić information content (AvgIpc) is 2.42. The highest BCUT2D eigenvalue weighted by molar-refractivity contribution is 6.03. The van der Waals surface area contributed by atoms with E-state index >= 15 is 0 Å². The van der Waals surface area contributed by atoms with Crippen LogP contribution in [0, 0.1) is 5.82 Å². The molecule has 0 heterocycles. The van der Waals surface area contributed by atoms with Crippen molar-refractivity contribution in [1.82, 2.24) is 5.32 Å². The van der Waals surface area contributed by atoms with Gasteiger partial charge in [-0.05, 0) is 24.6 Å². The lowest BCUT2D eigenvalue weighted by molar-refractivity contribution is -0.120. The third-order valence-electron chi connectivity index (χ3n) is 2.61. The fourth-order valence-corrected chi connectivity index (χ4v) is 1.58. The molecule has 3 N–H and O–H groups in total. The molecule has 1 aromatic rings. The number of halogens is 1. The molecule has 6 nitrogen and oxygen atoms in total. The van der Waals surface area contributed by atoms with Crippen LogP contribution in [0.4, 0.5) is 4.39 Å². The van der Waals surface area contributed by atoms with Crippen molar-refractivity contribution in [1.29, 1.82) is 0 Å². The van der Waals surface area contributed by atoms with Gasteiger partial charge in [0.05, 0.1) is 5.56 Å². The third-order valence-corrected chi connectivity index (χ3v) is 2.61. The van der Waals surface area contributed by atoms with Gasteiger partial charge in [-0.3, -0.25) is 14.4 Å². The largest absolute Gasteiger partial charge is 0.368 e. The van der Waals surface area contributed by atoms with E-state index in [1.807, 2.05) is 0 Å². The third kappa shape index (κ3) is 3.98. The van der Waals surface area contributed by atoms with Gasteiger partial charge < -0.3 is 15.8 Å². The smallest absolute Gasteiger partial charge is 0.252 e. The molecule has 0 aliphatic heterocycles. The summed E-state index contributed by atoms with van der Waals surface area (Å²) in [5.74, 6) is -2.31. The van der Waals surface area contributed by atoms with E-state index in [-0.39, 0.29) is 24.0 Å². The summed E-state index contributed by atoms with van der Waals surface area (Å²) in [4.78, 5) is 44.1. The average molecular weight is 280 g/mol. The molecule has 0 saturated carbocycles. The van der Waals surface area contributed by atoms with E-state index in [0.717, 1.165) is 18.2 Å². The molecule has 0 aliphatic rings. The molecule has 2 amide bonds. The molecule has 7 heteroatoms. The second-order valence-electron chi connectivity index (χ2n) is 4.02. The molecule has 1 aromatic carbocycles. The zero-order chi connectivity index (χ0) is 15.1. The maximum Gasteiger partial charge on any atom is 0.252 e. The molecule has 0 bridgehead atoms. The first-order valence-electron chi connectivity index (χ1n) is 5.78. The second kappa shape index (κ2) is 7.13. The molecule has 20 heavy (non-hydrogen) atoms. The van der Waals surface area contributed by atoms with E-state index in [4.69, 9.17) is 5.73 Å². The highest BCUT2D eigenvalue weighted by Gasteiger charge is 2.20. The number of rotatable bonds is 7. The van der Waals surface area contributed by atoms with Crippen LogP contribution >= 0.6 is 0 Å². The van der Waals surface area contributed by atoms with E-state index in [1.165, 1.54) is 0 Å². The molecule has 0 saturated heterocycles. The van der Waals surface area contributed by atoms with Gasteiger partial charge in [0.2, 0.25) is 5.91 Å². The minimum atomic E-state index is -1.06. The van der Waals surface area contributed by atoms with Crippen molar-refractivity contribution >= 4 is 24.4 Å². The molecule has 0 aromatic heterocycles. The predicted octanol–water partition coefficient (Wildman–Crippen LogP) is 0.201. The summed E-state index contributed by atoms with van der Waals surface area (Å²) in [6.45, 7) is 0. The van der Waals surface area contributed by atoms with E-state index in [9.17, 15) is 23.6 Å². The molecule has 0 aliphatic carbocycles. The van der Waals surface area contributed by atoms with Crippen LogP contribution in [-0.4, -0.2) is 30.4 Å². The zero-order valence-electron chi connectivity index (χ0n) is 10.5. The van der Waals surface area contributed by atoms with Crippen LogP contribution in [0.15, 0.2) is 18.2 Å². The second-order valence-corrected chi connectivity index (χ2v) is 4.02. The summed E-state index contributed by atoms with van der Waals surface area (Å²) in [6.07, 6.45) is 1.06. The minimum absolute atomic E-state index is 0.0116. The minimum Gasteiger partial charge on any atom is -0.368 e. The molecule has 0 spiro atoms. The van der Waals surface area contributed by atoms with Gasteiger partial charge >= 0.3 is 0 Å². The van der Waals surface area contributed by atoms with Crippen LogP contribution < -0.4 is 11.1 Å². The van der Waals surface area contributed by atoms with E-state index in [1.54, 1.807) is 0 Å². The van der Waals surface area contributed by atoms with Crippen LogP contribution in [0.1, 0.15) is 33.6 Å². The molecule has 0 radical (unpaired) electrons. The van der Waals surface area contributed by atoms with Crippen molar-refractivity contribution in [2.45, 2.75) is 18.9 Å². The Balaban J connectivity index is 2.93. The van der Waals surface area contributed by atoms with Gasteiger partial charge in [-0.25, -0.2) is 4.39 Å². The first kappa shape index (κ1) is 15.5. The lowest BCUT2D eigenvalue weighted by Gasteiger charge is -2.15. The topological polar surface area (TPSA) is 106 Å². The highest BCUT2D eigenvalue weighted by atomic mass is 19.1. The normalized spacial score (nSPS) is 11.4.